The third-order valence-electron chi connectivity index (χ3n) is 9.41. The maximum atomic E-state index is 6.69. The molecule has 0 unspecified atom stereocenters. The van der Waals surface area contributed by atoms with E-state index in [1.165, 1.54) is 27.8 Å². The molecule has 0 saturated heterocycles. The van der Waals surface area contributed by atoms with Gasteiger partial charge < -0.3 is 13.6 Å². The molecule has 206 valence electrons. The number of furan rings is 2. The molecular weight excluding hydrogens is 540 g/mol. The van der Waals surface area contributed by atoms with Crippen molar-refractivity contribution in [2.24, 2.45) is 0 Å². The van der Waals surface area contributed by atoms with Gasteiger partial charge in [0.1, 0.15) is 34.2 Å². The molecule has 0 saturated carbocycles. The first kappa shape index (κ1) is 23.7. The van der Waals surface area contributed by atoms with Crippen LogP contribution in [0, 0.1) is 0 Å². The number of hydrogen-bond acceptors (Lipinski definition) is 3. The second-order valence-electron chi connectivity index (χ2n) is 11.6. The van der Waals surface area contributed by atoms with Crippen LogP contribution in [0.1, 0.15) is 22.3 Å². The Bertz CT molecular complexity index is 2390. The zero-order valence-corrected chi connectivity index (χ0v) is 23.6. The summed E-state index contributed by atoms with van der Waals surface area (Å²) in [6, 6.07) is 50.9. The highest BCUT2D eigenvalue weighted by Crippen LogP contribution is 2.62. The molecule has 0 radical (unpaired) electrons. The molecular formula is C41H24O3. The number of fused-ring (bicyclic) bond motifs is 12. The fraction of sp³-hybridized carbons (Fsp3) is 0.0244. The lowest BCUT2D eigenvalue weighted by Crippen LogP contribution is -2.32. The van der Waals surface area contributed by atoms with Crippen LogP contribution in [0.25, 0.3) is 55.7 Å². The normalized spacial score (nSPS) is 13.8. The highest BCUT2D eigenvalue weighted by atomic mass is 16.5. The minimum absolute atomic E-state index is 0.470. The van der Waals surface area contributed by atoms with E-state index in [1.807, 2.05) is 48.5 Å². The molecule has 6 aromatic carbocycles. The molecule has 0 atom stereocenters. The Hall–Kier alpha value is -5.80. The minimum Gasteiger partial charge on any atom is -0.457 e. The number of rotatable bonds is 2. The summed E-state index contributed by atoms with van der Waals surface area (Å²) in [5.41, 5.74) is 10.6. The summed E-state index contributed by atoms with van der Waals surface area (Å²) >= 11 is 0. The van der Waals surface area contributed by atoms with Crippen molar-refractivity contribution in [1.82, 2.24) is 0 Å². The lowest BCUT2D eigenvalue weighted by atomic mass is 9.66. The summed E-state index contributed by atoms with van der Waals surface area (Å²) in [5.74, 6) is 3.31. The van der Waals surface area contributed by atoms with Crippen molar-refractivity contribution < 1.29 is 13.6 Å². The summed E-state index contributed by atoms with van der Waals surface area (Å²) in [7, 11) is 0. The summed E-state index contributed by atoms with van der Waals surface area (Å²) < 4.78 is 19.4. The van der Waals surface area contributed by atoms with Gasteiger partial charge in [-0.15, -0.1) is 0 Å². The smallest absolute Gasteiger partial charge is 0.136 e. The summed E-state index contributed by atoms with van der Waals surface area (Å²) in [4.78, 5) is 0. The molecule has 3 nitrogen and oxygen atoms in total. The van der Waals surface area contributed by atoms with Gasteiger partial charge in [-0.25, -0.2) is 0 Å². The Labute approximate surface area is 253 Å². The zero-order chi connectivity index (χ0) is 28.8. The Kier molecular flexibility index (Phi) is 4.65. The molecule has 0 fully saturated rings. The van der Waals surface area contributed by atoms with E-state index in [2.05, 4.69) is 97.1 Å². The van der Waals surface area contributed by atoms with E-state index in [4.69, 9.17) is 13.6 Å². The van der Waals surface area contributed by atoms with E-state index in [0.29, 0.717) is 0 Å². The first-order valence-electron chi connectivity index (χ1n) is 14.9. The SMILES string of the molecule is c1ccc2c(c1)Oc1cc(-c3ccc(-c4cccc5oc6ccccc6c45)o3)ccc1C21c2ccccc2-c2ccccc21. The van der Waals surface area contributed by atoms with Crippen LogP contribution in [0.5, 0.6) is 11.5 Å². The van der Waals surface area contributed by atoms with Crippen molar-refractivity contribution >= 4 is 21.9 Å². The quantitative estimate of drug-likeness (QED) is 0.209. The molecule has 2 aliphatic rings. The van der Waals surface area contributed by atoms with Gasteiger partial charge in [0, 0.05) is 33.0 Å². The maximum absolute atomic E-state index is 6.69. The molecule has 0 bridgehead atoms. The van der Waals surface area contributed by atoms with E-state index >= 15 is 0 Å². The van der Waals surface area contributed by atoms with Crippen LogP contribution in [0.15, 0.2) is 154 Å². The Morgan fingerprint density at radius 1 is 0.409 bits per heavy atom. The molecule has 0 amide bonds. The van der Waals surface area contributed by atoms with Crippen LogP contribution in [0.4, 0.5) is 0 Å². The Morgan fingerprint density at radius 2 is 1.05 bits per heavy atom. The monoisotopic (exact) mass is 564 g/mol. The average Bonchev–Trinajstić information content (AvgIpc) is 3.79. The average molecular weight is 565 g/mol. The highest BCUT2D eigenvalue weighted by molar-refractivity contribution is 6.11. The first-order chi connectivity index (χ1) is 21.8. The van der Waals surface area contributed by atoms with Gasteiger partial charge in [-0.3, -0.25) is 0 Å². The number of benzene rings is 6. The predicted octanol–water partition coefficient (Wildman–Crippen LogP) is 11.0. The van der Waals surface area contributed by atoms with Crippen LogP contribution in [-0.4, -0.2) is 0 Å². The highest BCUT2D eigenvalue weighted by Gasteiger charge is 2.50. The number of ether oxygens (including phenoxy) is 1. The largest absolute Gasteiger partial charge is 0.457 e. The van der Waals surface area contributed by atoms with Crippen molar-refractivity contribution in [3.05, 3.63) is 168 Å². The summed E-state index contributed by atoms with van der Waals surface area (Å²) in [6.07, 6.45) is 0. The van der Waals surface area contributed by atoms with Gasteiger partial charge in [-0.2, -0.15) is 0 Å². The standard InChI is InChI=1S/C41H24O3/c1-4-14-30-26(10-1)27-11-2-5-15-31(27)41(30)32-16-6-8-18-37(32)44-39-24-25(20-21-33(39)41)34-22-23-36(42-34)29-13-9-19-38-40(29)28-12-3-7-17-35(28)43-38/h1-24H. The van der Waals surface area contributed by atoms with E-state index in [1.54, 1.807) is 0 Å². The van der Waals surface area contributed by atoms with Gasteiger partial charge in [-0.05, 0) is 58.7 Å². The maximum Gasteiger partial charge on any atom is 0.136 e. The summed E-state index contributed by atoms with van der Waals surface area (Å²) in [6.45, 7) is 0. The van der Waals surface area contributed by atoms with Gasteiger partial charge in [0.25, 0.3) is 0 Å². The van der Waals surface area contributed by atoms with E-state index in [-0.39, 0.29) is 0 Å². The van der Waals surface area contributed by atoms with E-state index in [0.717, 1.165) is 61.6 Å². The van der Waals surface area contributed by atoms with Crippen LogP contribution in [0.2, 0.25) is 0 Å². The van der Waals surface area contributed by atoms with Crippen molar-refractivity contribution in [3.63, 3.8) is 0 Å². The van der Waals surface area contributed by atoms with Gasteiger partial charge in [-0.1, -0.05) is 109 Å². The molecule has 44 heavy (non-hydrogen) atoms. The molecule has 1 aliphatic heterocycles. The van der Waals surface area contributed by atoms with E-state index < -0.39 is 5.41 Å². The summed E-state index contributed by atoms with van der Waals surface area (Å²) in [5, 5.41) is 2.15. The fourth-order valence-electron chi connectivity index (χ4n) is 7.63. The van der Waals surface area contributed by atoms with Crippen molar-refractivity contribution in [1.29, 1.82) is 0 Å². The Balaban J connectivity index is 1.16. The van der Waals surface area contributed by atoms with Crippen molar-refractivity contribution in [2.45, 2.75) is 5.41 Å². The van der Waals surface area contributed by atoms with Gasteiger partial charge >= 0.3 is 0 Å². The second-order valence-corrected chi connectivity index (χ2v) is 11.6. The third kappa shape index (κ3) is 3.00. The molecule has 3 heteroatoms. The number of hydrogen-bond donors (Lipinski definition) is 0. The first-order valence-corrected chi connectivity index (χ1v) is 14.9. The van der Waals surface area contributed by atoms with Crippen LogP contribution < -0.4 is 4.74 Å². The van der Waals surface area contributed by atoms with Crippen molar-refractivity contribution in [2.75, 3.05) is 0 Å². The van der Waals surface area contributed by atoms with Crippen LogP contribution in [0.3, 0.4) is 0 Å². The predicted molar refractivity (Wildman–Crippen MR) is 174 cm³/mol. The molecule has 1 spiro atoms. The lowest BCUT2D eigenvalue weighted by Gasteiger charge is -2.39. The topological polar surface area (TPSA) is 35.5 Å². The van der Waals surface area contributed by atoms with Gasteiger partial charge in [0.05, 0.1) is 5.41 Å². The van der Waals surface area contributed by atoms with Gasteiger partial charge in [0.15, 0.2) is 0 Å². The fourth-order valence-corrected chi connectivity index (χ4v) is 7.63. The van der Waals surface area contributed by atoms with Crippen molar-refractivity contribution in [3.8, 4) is 45.3 Å². The third-order valence-corrected chi connectivity index (χ3v) is 9.41. The van der Waals surface area contributed by atoms with Crippen LogP contribution in [-0.2, 0) is 5.41 Å². The minimum atomic E-state index is -0.470. The molecule has 1 aliphatic carbocycles. The molecule has 3 heterocycles. The second kappa shape index (κ2) is 8.62. The van der Waals surface area contributed by atoms with Crippen LogP contribution >= 0.6 is 0 Å². The molecule has 8 aromatic rings. The Morgan fingerprint density at radius 3 is 1.89 bits per heavy atom. The lowest BCUT2D eigenvalue weighted by molar-refractivity contribution is 0.436. The zero-order valence-electron chi connectivity index (χ0n) is 23.6. The van der Waals surface area contributed by atoms with E-state index in [9.17, 15) is 0 Å². The number of para-hydroxylation sites is 2. The van der Waals surface area contributed by atoms with Gasteiger partial charge in [0.2, 0.25) is 0 Å². The molecule has 2 aromatic heterocycles. The molecule has 10 rings (SSSR count). The molecule has 0 N–H and O–H groups in total.